The van der Waals surface area contributed by atoms with E-state index in [9.17, 15) is 14.4 Å². The van der Waals surface area contributed by atoms with Crippen molar-refractivity contribution in [3.8, 4) is 11.1 Å². The van der Waals surface area contributed by atoms with Crippen molar-refractivity contribution in [3.63, 3.8) is 0 Å². The molecule has 1 aliphatic rings. The molecular formula is C25H30N2O5. The molecule has 3 rings (SSSR count). The monoisotopic (exact) mass is 438 g/mol. The highest BCUT2D eigenvalue weighted by Crippen LogP contribution is 2.44. The van der Waals surface area contributed by atoms with Crippen molar-refractivity contribution in [3.05, 3.63) is 59.7 Å². The third-order valence-electron chi connectivity index (χ3n) is 5.84. The topological polar surface area (TPSA) is 105 Å². The van der Waals surface area contributed by atoms with Gasteiger partial charge in [-0.2, -0.15) is 0 Å². The Kier molecular flexibility index (Phi) is 7.18. The van der Waals surface area contributed by atoms with Crippen LogP contribution in [-0.4, -0.2) is 42.3 Å². The van der Waals surface area contributed by atoms with Crippen LogP contribution in [0.3, 0.4) is 0 Å². The summed E-state index contributed by atoms with van der Waals surface area (Å²) in [5, 5.41) is 14.2. The van der Waals surface area contributed by atoms with Gasteiger partial charge in [0.05, 0.1) is 6.42 Å². The number of amides is 2. The lowest BCUT2D eigenvalue weighted by Gasteiger charge is -2.25. The van der Waals surface area contributed by atoms with E-state index in [1.54, 1.807) is 20.8 Å². The van der Waals surface area contributed by atoms with Crippen LogP contribution in [0.25, 0.3) is 11.1 Å². The van der Waals surface area contributed by atoms with Crippen LogP contribution >= 0.6 is 0 Å². The van der Waals surface area contributed by atoms with Gasteiger partial charge in [-0.25, -0.2) is 4.79 Å². The standard InChI is InChI=1S/C25H30N2O5/c1-16(14-22(28)29)27-23(30)25(2,3)12-13-26-24(31)32-15-21-19-10-6-4-8-17(19)18-9-5-7-11-20(18)21/h4-11,16,21H,12-15H2,1-3H3,(H,26,31)(H,27,30)(H,28,29)/t16-/m1/s1. The lowest BCUT2D eigenvalue weighted by atomic mass is 9.88. The molecule has 0 bridgehead atoms. The molecule has 0 aromatic heterocycles. The number of rotatable bonds is 9. The number of alkyl carbamates (subject to hydrolysis) is 1. The van der Waals surface area contributed by atoms with Gasteiger partial charge >= 0.3 is 12.1 Å². The van der Waals surface area contributed by atoms with Crippen molar-refractivity contribution in [2.75, 3.05) is 13.2 Å². The first-order valence-corrected chi connectivity index (χ1v) is 10.8. The summed E-state index contributed by atoms with van der Waals surface area (Å²) in [5.74, 6) is -1.22. The van der Waals surface area contributed by atoms with E-state index < -0.39 is 23.5 Å². The van der Waals surface area contributed by atoms with E-state index in [4.69, 9.17) is 9.84 Å². The van der Waals surface area contributed by atoms with Gasteiger partial charge < -0.3 is 20.5 Å². The second-order valence-electron chi connectivity index (χ2n) is 8.86. The van der Waals surface area contributed by atoms with Crippen LogP contribution in [0.4, 0.5) is 4.79 Å². The van der Waals surface area contributed by atoms with Crippen LogP contribution in [0.5, 0.6) is 0 Å². The third-order valence-corrected chi connectivity index (χ3v) is 5.84. The first kappa shape index (κ1) is 23.3. The molecule has 2 aromatic carbocycles. The van der Waals surface area contributed by atoms with E-state index in [1.807, 2.05) is 24.3 Å². The second-order valence-corrected chi connectivity index (χ2v) is 8.86. The fraction of sp³-hybridized carbons (Fsp3) is 0.400. The summed E-state index contributed by atoms with van der Waals surface area (Å²) in [6.45, 7) is 5.67. The minimum atomic E-state index is -0.965. The number of aliphatic carboxylic acids is 1. The molecular weight excluding hydrogens is 408 g/mol. The van der Waals surface area contributed by atoms with E-state index in [2.05, 4.69) is 34.9 Å². The van der Waals surface area contributed by atoms with Crippen LogP contribution in [0.1, 0.15) is 50.7 Å². The van der Waals surface area contributed by atoms with Crippen molar-refractivity contribution in [2.24, 2.45) is 5.41 Å². The highest BCUT2D eigenvalue weighted by Gasteiger charge is 2.30. The molecule has 0 saturated heterocycles. The molecule has 0 spiro atoms. The maximum absolute atomic E-state index is 12.4. The molecule has 2 amide bonds. The number of carbonyl (C=O) groups excluding carboxylic acids is 2. The fourth-order valence-corrected chi connectivity index (χ4v) is 3.97. The number of hydrogen-bond acceptors (Lipinski definition) is 4. The number of nitrogens with one attached hydrogen (secondary N) is 2. The molecule has 0 aliphatic heterocycles. The van der Waals surface area contributed by atoms with E-state index >= 15 is 0 Å². The molecule has 0 heterocycles. The van der Waals surface area contributed by atoms with Crippen molar-refractivity contribution in [1.82, 2.24) is 10.6 Å². The van der Waals surface area contributed by atoms with E-state index in [1.165, 1.54) is 11.1 Å². The van der Waals surface area contributed by atoms with Crippen molar-refractivity contribution < 1.29 is 24.2 Å². The average molecular weight is 439 g/mol. The molecule has 170 valence electrons. The number of ether oxygens (including phenoxy) is 1. The summed E-state index contributed by atoms with van der Waals surface area (Å²) >= 11 is 0. The van der Waals surface area contributed by atoms with Crippen molar-refractivity contribution in [2.45, 2.75) is 45.6 Å². The Morgan fingerprint density at radius 2 is 1.59 bits per heavy atom. The van der Waals surface area contributed by atoms with Crippen molar-refractivity contribution in [1.29, 1.82) is 0 Å². The largest absolute Gasteiger partial charge is 0.481 e. The number of hydrogen-bond donors (Lipinski definition) is 3. The zero-order valence-electron chi connectivity index (χ0n) is 18.7. The molecule has 0 fully saturated rings. The van der Waals surface area contributed by atoms with Crippen LogP contribution in [0.2, 0.25) is 0 Å². The van der Waals surface area contributed by atoms with Gasteiger partial charge in [0.25, 0.3) is 0 Å². The Labute approximate surface area is 188 Å². The minimum Gasteiger partial charge on any atom is -0.481 e. The zero-order valence-corrected chi connectivity index (χ0v) is 18.7. The van der Waals surface area contributed by atoms with Gasteiger partial charge in [-0.15, -0.1) is 0 Å². The van der Waals surface area contributed by atoms with Gasteiger partial charge in [-0.1, -0.05) is 62.4 Å². The zero-order chi connectivity index (χ0) is 23.3. The highest BCUT2D eigenvalue weighted by atomic mass is 16.5. The van der Waals surface area contributed by atoms with Gasteiger partial charge in [0.1, 0.15) is 6.61 Å². The molecule has 0 saturated carbocycles. The van der Waals surface area contributed by atoms with Crippen molar-refractivity contribution >= 4 is 18.0 Å². The van der Waals surface area contributed by atoms with Crippen LogP contribution < -0.4 is 10.6 Å². The van der Waals surface area contributed by atoms with E-state index in [0.29, 0.717) is 6.42 Å². The first-order chi connectivity index (χ1) is 15.2. The minimum absolute atomic E-state index is 0.00825. The number of fused-ring (bicyclic) bond motifs is 3. The van der Waals surface area contributed by atoms with Gasteiger partial charge in [-0.3, -0.25) is 9.59 Å². The molecule has 1 atom stereocenters. The van der Waals surface area contributed by atoms with Gasteiger partial charge in [0.15, 0.2) is 0 Å². The Morgan fingerprint density at radius 1 is 1.03 bits per heavy atom. The Hall–Kier alpha value is -3.35. The Morgan fingerprint density at radius 3 is 2.16 bits per heavy atom. The summed E-state index contributed by atoms with van der Waals surface area (Å²) in [6, 6.07) is 15.8. The maximum atomic E-state index is 12.4. The quantitative estimate of drug-likeness (QED) is 0.550. The number of carboxylic acid groups (broad SMARTS) is 1. The molecule has 0 radical (unpaired) electrons. The summed E-state index contributed by atoms with van der Waals surface area (Å²) in [5.41, 5.74) is 3.87. The molecule has 3 N–H and O–H groups in total. The Balaban J connectivity index is 1.49. The molecule has 0 unspecified atom stereocenters. The second kappa shape index (κ2) is 9.85. The smallest absolute Gasteiger partial charge is 0.407 e. The summed E-state index contributed by atoms with van der Waals surface area (Å²) in [4.78, 5) is 35.5. The molecule has 2 aromatic rings. The Bertz CT molecular complexity index is 956. The van der Waals surface area contributed by atoms with E-state index in [0.717, 1.165) is 11.1 Å². The molecule has 7 heteroatoms. The predicted molar refractivity (Wildman–Crippen MR) is 121 cm³/mol. The number of benzene rings is 2. The number of carboxylic acids is 1. The maximum Gasteiger partial charge on any atom is 0.407 e. The summed E-state index contributed by atoms with van der Waals surface area (Å²) < 4.78 is 5.51. The van der Waals surface area contributed by atoms with Gasteiger partial charge in [0, 0.05) is 23.9 Å². The lowest BCUT2D eigenvalue weighted by Crippen LogP contribution is -2.44. The van der Waals surface area contributed by atoms with Crippen LogP contribution in [-0.2, 0) is 14.3 Å². The molecule has 1 aliphatic carbocycles. The van der Waals surface area contributed by atoms with Gasteiger partial charge in [-0.05, 0) is 35.6 Å². The van der Waals surface area contributed by atoms with Crippen LogP contribution in [0, 0.1) is 5.41 Å². The lowest BCUT2D eigenvalue weighted by molar-refractivity contribution is -0.138. The molecule has 32 heavy (non-hydrogen) atoms. The fourth-order valence-electron chi connectivity index (χ4n) is 3.97. The number of carbonyl (C=O) groups is 3. The van der Waals surface area contributed by atoms with Gasteiger partial charge in [0.2, 0.25) is 5.91 Å². The SMILES string of the molecule is C[C@H](CC(=O)O)NC(=O)C(C)(C)CCNC(=O)OCC1c2ccccc2-c2ccccc21. The summed E-state index contributed by atoms with van der Waals surface area (Å²) in [6.07, 6.45) is -0.273. The predicted octanol–water partition coefficient (Wildman–Crippen LogP) is 3.92. The van der Waals surface area contributed by atoms with E-state index in [-0.39, 0.29) is 31.4 Å². The first-order valence-electron chi connectivity index (χ1n) is 10.8. The highest BCUT2D eigenvalue weighted by molar-refractivity contribution is 5.83. The van der Waals surface area contributed by atoms with Crippen LogP contribution in [0.15, 0.2) is 48.5 Å². The third kappa shape index (κ3) is 5.46. The summed E-state index contributed by atoms with van der Waals surface area (Å²) in [7, 11) is 0. The average Bonchev–Trinajstić information content (AvgIpc) is 3.05. The normalized spacial score (nSPS) is 13.6. The molecule has 7 nitrogen and oxygen atoms in total.